The van der Waals surface area contributed by atoms with Gasteiger partial charge in [-0.2, -0.15) is 15.0 Å². The first kappa shape index (κ1) is 20.3. The molecular formula is C20H20N6O2S. The number of carbonyl (C=O) groups is 2. The highest BCUT2D eigenvalue weighted by atomic mass is 32.2. The predicted molar refractivity (Wildman–Crippen MR) is 115 cm³/mol. The SMILES string of the molecule is CC(=O)c1ccc(NC(=O)CSCc2nc(N)nc(Nc3ccccc3)n2)cc1. The molecule has 3 rings (SSSR count). The molecule has 0 bridgehead atoms. The summed E-state index contributed by atoms with van der Waals surface area (Å²) in [6.45, 7) is 1.50. The van der Waals surface area contributed by atoms with Gasteiger partial charge >= 0.3 is 0 Å². The minimum Gasteiger partial charge on any atom is -0.368 e. The smallest absolute Gasteiger partial charge is 0.234 e. The lowest BCUT2D eigenvalue weighted by atomic mass is 10.1. The van der Waals surface area contributed by atoms with Gasteiger partial charge in [0.1, 0.15) is 5.82 Å². The van der Waals surface area contributed by atoms with Crippen LogP contribution in [0.25, 0.3) is 0 Å². The maximum atomic E-state index is 12.1. The summed E-state index contributed by atoms with van der Waals surface area (Å²) in [7, 11) is 0. The summed E-state index contributed by atoms with van der Waals surface area (Å²) >= 11 is 1.36. The number of benzene rings is 2. The van der Waals surface area contributed by atoms with Crippen molar-refractivity contribution < 1.29 is 9.59 Å². The van der Waals surface area contributed by atoms with Crippen LogP contribution < -0.4 is 16.4 Å². The summed E-state index contributed by atoms with van der Waals surface area (Å²) in [5.74, 6) is 1.42. The average molecular weight is 408 g/mol. The molecule has 0 aliphatic carbocycles. The van der Waals surface area contributed by atoms with Crippen molar-refractivity contribution in [1.29, 1.82) is 0 Å². The number of aromatic nitrogens is 3. The van der Waals surface area contributed by atoms with E-state index in [1.54, 1.807) is 24.3 Å². The number of nitrogens with zero attached hydrogens (tertiary/aromatic N) is 3. The van der Waals surface area contributed by atoms with Crippen LogP contribution in [0, 0.1) is 0 Å². The van der Waals surface area contributed by atoms with Crippen molar-refractivity contribution in [2.24, 2.45) is 0 Å². The van der Waals surface area contributed by atoms with Crippen molar-refractivity contribution in [2.75, 3.05) is 22.1 Å². The molecule has 0 saturated heterocycles. The molecule has 1 heterocycles. The van der Waals surface area contributed by atoms with Gasteiger partial charge in [0.15, 0.2) is 5.78 Å². The summed E-state index contributed by atoms with van der Waals surface area (Å²) in [5.41, 5.74) is 7.85. The maximum Gasteiger partial charge on any atom is 0.234 e. The lowest BCUT2D eigenvalue weighted by molar-refractivity contribution is -0.113. The zero-order chi connectivity index (χ0) is 20.6. The number of ketones is 1. The minimum absolute atomic E-state index is 0.0174. The Balaban J connectivity index is 1.51. The van der Waals surface area contributed by atoms with Crippen LogP contribution in [0.3, 0.4) is 0 Å². The molecule has 0 aliphatic heterocycles. The highest BCUT2D eigenvalue weighted by molar-refractivity contribution is 7.99. The molecule has 8 nitrogen and oxygen atoms in total. The molecule has 29 heavy (non-hydrogen) atoms. The van der Waals surface area contributed by atoms with Crippen molar-refractivity contribution >= 4 is 46.7 Å². The zero-order valence-electron chi connectivity index (χ0n) is 15.8. The number of hydrogen-bond donors (Lipinski definition) is 3. The fourth-order valence-electron chi connectivity index (χ4n) is 2.43. The van der Waals surface area contributed by atoms with Crippen molar-refractivity contribution in [1.82, 2.24) is 15.0 Å². The van der Waals surface area contributed by atoms with Gasteiger partial charge in [0.05, 0.1) is 11.5 Å². The van der Waals surface area contributed by atoms with Gasteiger partial charge in [-0.15, -0.1) is 11.8 Å². The molecular weight excluding hydrogens is 388 g/mol. The first-order valence-electron chi connectivity index (χ1n) is 8.81. The average Bonchev–Trinajstić information content (AvgIpc) is 2.69. The number of Topliss-reactive ketones (excluding diaryl/α,β-unsaturated/α-hetero) is 1. The van der Waals surface area contributed by atoms with E-state index in [2.05, 4.69) is 25.6 Å². The van der Waals surface area contributed by atoms with Crippen LogP contribution in [0.15, 0.2) is 54.6 Å². The molecule has 0 spiro atoms. The van der Waals surface area contributed by atoms with E-state index >= 15 is 0 Å². The van der Waals surface area contributed by atoms with E-state index in [-0.39, 0.29) is 23.4 Å². The number of hydrogen-bond acceptors (Lipinski definition) is 8. The summed E-state index contributed by atoms with van der Waals surface area (Å²) in [6, 6.07) is 16.3. The number of carbonyl (C=O) groups excluding carboxylic acids is 2. The van der Waals surface area contributed by atoms with Gasteiger partial charge in [0.25, 0.3) is 0 Å². The standard InChI is InChI=1S/C20H20N6O2S/c1-13(27)14-7-9-16(10-8-14)22-18(28)12-29-11-17-24-19(21)26-20(25-17)23-15-5-3-2-4-6-15/h2-10H,11-12H2,1H3,(H,22,28)(H3,21,23,24,25,26). The van der Waals surface area contributed by atoms with Crippen LogP contribution >= 0.6 is 11.8 Å². The Morgan fingerprint density at radius 3 is 2.38 bits per heavy atom. The third kappa shape index (κ3) is 6.28. The Morgan fingerprint density at radius 1 is 0.966 bits per heavy atom. The lowest BCUT2D eigenvalue weighted by Gasteiger charge is -2.08. The summed E-state index contributed by atoms with van der Waals surface area (Å²) < 4.78 is 0. The zero-order valence-corrected chi connectivity index (χ0v) is 16.6. The van der Waals surface area contributed by atoms with Gasteiger partial charge in [-0.1, -0.05) is 18.2 Å². The van der Waals surface area contributed by atoms with Gasteiger partial charge in [0, 0.05) is 16.9 Å². The fourth-order valence-corrected chi connectivity index (χ4v) is 3.10. The topological polar surface area (TPSA) is 123 Å². The molecule has 2 aromatic carbocycles. The first-order chi connectivity index (χ1) is 14.0. The Bertz CT molecular complexity index is 996. The van der Waals surface area contributed by atoms with Crippen LogP contribution in [0.5, 0.6) is 0 Å². The number of thioether (sulfide) groups is 1. The highest BCUT2D eigenvalue weighted by Crippen LogP contribution is 2.16. The molecule has 9 heteroatoms. The predicted octanol–water partition coefficient (Wildman–Crippen LogP) is 3.27. The van der Waals surface area contributed by atoms with Gasteiger partial charge in [-0.25, -0.2) is 0 Å². The van der Waals surface area contributed by atoms with Crippen molar-refractivity contribution in [2.45, 2.75) is 12.7 Å². The summed E-state index contributed by atoms with van der Waals surface area (Å²) in [6.07, 6.45) is 0. The second kappa shape index (κ2) is 9.65. The van der Waals surface area contributed by atoms with Crippen molar-refractivity contribution in [3.8, 4) is 0 Å². The fraction of sp³-hybridized carbons (Fsp3) is 0.150. The molecule has 0 saturated carbocycles. The Hall–Kier alpha value is -3.46. The molecule has 3 aromatic rings. The molecule has 0 fully saturated rings. The second-order valence-corrected chi connectivity index (χ2v) is 7.08. The molecule has 4 N–H and O–H groups in total. The Kier molecular flexibility index (Phi) is 6.75. The van der Waals surface area contributed by atoms with Gasteiger partial charge in [-0.3, -0.25) is 9.59 Å². The Morgan fingerprint density at radius 2 is 1.69 bits per heavy atom. The van der Waals surface area contributed by atoms with Crippen LogP contribution in [-0.4, -0.2) is 32.4 Å². The molecule has 0 unspecified atom stereocenters. The maximum absolute atomic E-state index is 12.1. The van der Waals surface area contributed by atoms with E-state index in [4.69, 9.17) is 5.73 Å². The molecule has 0 aliphatic rings. The third-order valence-corrected chi connectivity index (χ3v) is 4.70. The van der Waals surface area contributed by atoms with E-state index in [1.165, 1.54) is 18.7 Å². The number of anilines is 4. The van der Waals surface area contributed by atoms with Crippen molar-refractivity contribution in [3.63, 3.8) is 0 Å². The van der Waals surface area contributed by atoms with E-state index in [0.717, 1.165) is 5.69 Å². The molecule has 148 valence electrons. The van der Waals surface area contributed by atoms with Crippen molar-refractivity contribution in [3.05, 3.63) is 66.0 Å². The number of nitrogen functional groups attached to an aromatic ring is 1. The van der Waals surface area contributed by atoms with Gasteiger partial charge in [0.2, 0.25) is 17.8 Å². The van der Waals surface area contributed by atoms with Crippen LogP contribution in [-0.2, 0) is 10.5 Å². The van der Waals surface area contributed by atoms with E-state index in [9.17, 15) is 9.59 Å². The van der Waals surface area contributed by atoms with Crippen LogP contribution in [0.1, 0.15) is 23.1 Å². The number of para-hydroxylation sites is 1. The van der Waals surface area contributed by atoms with Crippen LogP contribution in [0.2, 0.25) is 0 Å². The normalized spacial score (nSPS) is 10.4. The number of amides is 1. The highest BCUT2D eigenvalue weighted by Gasteiger charge is 2.08. The largest absolute Gasteiger partial charge is 0.368 e. The van der Waals surface area contributed by atoms with Crippen LogP contribution in [0.4, 0.5) is 23.3 Å². The molecule has 0 atom stereocenters. The minimum atomic E-state index is -0.157. The molecule has 0 radical (unpaired) electrons. The Labute approximate surface area is 172 Å². The summed E-state index contributed by atoms with van der Waals surface area (Å²) in [5, 5.41) is 5.86. The second-order valence-electron chi connectivity index (χ2n) is 6.10. The monoisotopic (exact) mass is 408 g/mol. The number of nitrogens with two attached hydrogens (primary N) is 1. The lowest BCUT2D eigenvalue weighted by Crippen LogP contribution is -2.14. The van der Waals surface area contributed by atoms with E-state index < -0.39 is 0 Å². The quantitative estimate of drug-likeness (QED) is 0.485. The van der Waals surface area contributed by atoms with Gasteiger partial charge < -0.3 is 16.4 Å². The first-order valence-corrected chi connectivity index (χ1v) is 9.96. The van der Waals surface area contributed by atoms with Gasteiger partial charge in [-0.05, 0) is 43.3 Å². The number of nitrogens with one attached hydrogen (secondary N) is 2. The third-order valence-electron chi connectivity index (χ3n) is 3.77. The van der Waals surface area contributed by atoms with E-state index in [0.29, 0.717) is 28.8 Å². The molecule has 1 amide bonds. The molecule has 1 aromatic heterocycles. The summed E-state index contributed by atoms with van der Waals surface area (Å²) in [4.78, 5) is 35.9. The number of rotatable bonds is 8. The van der Waals surface area contributed by atoms with E-state index in [1.807, 2.05) is 30.3 Å².